The Morgan fingerprint density at radius 3 is 0.529 bits per heavy atom. The van der Waals surface area contributed by atoms with Gasteiger partial charge in [-0.1, -0.05) is 0 Å². The summed E-state index contributed by atoms with van der Waals surface area (Å²) in [4.78, 5) is 33.6. The van der Waals surface area contributed by atoms with E-state index < -0.39 is 37.0 Å². The van der Waals surface area contributed by atoms with Crippen molar-refractivity contribution in [1.29, 1.82) is 0 Å². The SMILES string of the molecule is O=[Si]([O-])F.O=[Si]([O-])F.O=[Si]([O-])F.O=[Si]([O-])F.[Pb]. The predicted molar refractivity (Wildman–Crippen MR) is 35.9 cm³/mol. The molecule has 0 bridgehead atoms. The third-order valence-corrected chi connectivity index (χ3v) is 0. The van der Waals surface area contributed by atoms with Crippen LogP contribution in [0.1, 0.15) is 0 Å². The monoisotopic (exact) mass is 524 g/mol. The average Bonchev–Trinajstić information content (AvgIpc) is 1.76. The van der Waals surface area contributed by atoms with Gasteiger partial charge < -0.3 is 37.0 Å². The maximum Gasteiger partial charge on any atom is 0.376 e. The van der Waals surface area contributed by atoms with E-state index in [2.05, 4.69) is 0 Å². The molecular weight excluding hydrogens is 524 g/mol. The van der Waals surface area contributed by atoms with Crippen LogP contribution >= 0.6 is 0 Å². The third kappa shape index (κ3) is 377000. The van der Waals surface area contributed by atoms with E-state index in [9.17, 15) is 16.4 Å². The molecule has 0 aromatic rings. The number of rotatable bonds is 0. The molecule has 0 spiro atoms. The van der Waals surface area contributed by atoms with E-state index in [0.29, 0.717) is 0 Å². The van der Waals surface area contributed by atoms with Crippen LogP contribution in [0.25, 0.3) is 0 Å². The number of hydrogen-bond acceptors (Lipinski definition) is 8. The van der Waals surface area contributed by atoms with Crippen molar-refractivity contribution in [2.24, 2.45) is 0 Å². The van der Waals surface area contributed by atoms with Gasteiger partial charge in [0.15, 0.2) is 0 Å². The van der Waals surface area contributed by atoms with Crippen molar-refractivity contribution < 1.29 is 53.5 Å². The van der Waals surface area contributed by atoms with E-state index in [1.165, 1.54) is 0 Å². The van der Waals surface area contributed by atoms with Crippen molar-refractivity contribution in [3.63, 3.8) is 0 Å². The largest absolute Gasteiger partial charge is 0.560 e. The quantitative estimate of drug-likeness (QED) is 0.173. The normalized spacial score (nSPS) is 5.88. The third-order valence-electron chi connectivity index (χ3n) is 0. The second-order valence-electron chi connectivity index (χ2n) is 0.951. The molecule has 0 amide bonds. The smallest absolute Gasteiger partial charge is 0.376 e. The van der Waals surface area contributed by atoms with Crippen LogP contribution in [0.2, 0.25) is 0 Å². The van der Waals surface area contributed by atoms with E-state index in [0.717, 1.165) is 0 Å². The van der Waals surface area contributed by atoms with Crippen molar-refractivity contribution in [3.05, 3.63) is 0 Å². The maximum atomic E-state index is 9.99. The summed E-state index contributed by atoms with van der Waals surface area (Å²) in [5.74, 6) is 0. The molecule has 17 heteroatoms. The molecule has 0 aromatic carbocycles. The molecule has 0 rings (SSSR count). The van der Waals surface area contributed by atoms with Crippen LogP contribution in [0.3, 0.4) is 0 Å². The number of halogens is 4. The van der Waals surface area contributed by atoms with Crippen LogP contribution in [-0.4, -0.2) is 64.3 Å². The van der Waals surface area contributed by atoms with Gasteiger partial charge in [0.2, 0.25) is 0 Å². The van der Waals surface area contributed by atoms with Gasteiger partial charge in [0.25, 0.3) is 0 Å². The van der Waals surface area contributed by atoms with Crippen molar-refractivity contribution in [2.75, 3.05) is 0 Å². The summed E-state index contributed by atoms with van der Waals surface area (Å²) in [6.45, 7) is 0. The summed E-state index contributed by atoms with van der Waals surface area (Å²) in [6, 6.07) is 0. The summed E-state index contributed by atoms with van der Waals surface area (Å²) in [5.41, 5.74) is 0. The fourth-order valence-electron chi connectivity index (χ4n) is 0. The van der Waals surface area contributed by atoms with Crippen LogP contribution in [0.5, 0.6) is 0 Å². The molecule has 0 aliphatic heterocycles. The van der Waals surface area contributed by atoms with Gasteiger partial charge in [0, 0.05) is 27.3 Å². The molecule has 4 radical (unpaired) electrons. The molecule has 0 saturated heterocycles. The summed E-state index contributed by atoms with van der Waals surface area (Å²) in [6.07, 6.45) is 0. The molecule has 0 fully saturated rings. The summed E-state index contributed by atoms with van der Waals surface area (Å²) in [5, 5.41) is 0. The topological polar surface area (TPSA) is 161 Å². The van der Waals surface area contributed by atoms with Crippen LogP contribution < -0.4 is 19.2 Å². The zero-order valence-corrected chi connectivity index (χ0v) is 15.2. The van der Waals surface area contributed by atoms with E-state index in [1.807, 2.05) is 0 Å². The minimum Gasteiger partial charge on any atom is -0.560 e. The average molecular weight is 524 g/mol. The Balaban J connectivity index is -0.0000000369. The fraction of sp³-hybridized carbons (Fsp3) is 0. The van der Waals surface area contributed by atoms with E-state index in [1.54, 1.807) is 0 Å². The first-order valence-electron chi connectivity index (χ1n) is 2.39. The van der Waals surface area contributed by atoms with Gasteiger partial charge in [-0.3, -0.25) is 16.4 Å². The summed E-state index contributed by atoms with van der Waals surface area (Å²) >= 11 is 0. The fourth-order valence-corrected chi connectivity index (χ4v) is 0. The number of hydrogen-bond donors (Lipinski definition) is 0. The Morgan fingerprint density at radius 1 is 0.529 bits per heavy atom. The Morgan fingerprint density at radius 2 is 0.529 bits per heavy atom. The first-order chi connectivity index (χ1) is 6.93. The summed E-state index contributed by atoms with van der Waals surface area (Å²) in [7, 11) is -15.5. The first-order valence-corrected chi connectivity index (χ1v) is 7.17. The van der Waals surface area contributed by atoms with Crippen LogP contribution in [0.4, 0.5) is 16.4 Å². The Labute approximate surface area is 118 Å². The van der Waals surface area contributed by atoms with Crippen molar-refractivity contribution in [2.45, 2.75) is 0 Å². The zero-order chi connectivity index (χ0) is 14.3. The maximum absolute atomic E-state index is 9.99. The van der Waals surface area contributed by atoms with Gasteiger partial charge in [-0.15, -0.1) is 0 Å². The van der Waals surface area contributed by atoms with Gasteiger partial charge in [-0.2, -0.15) is 0 Å². The van der Waals surface area contributed by atoms with Gasteiger partial charge in [0.05, 0.1) is 0 Å². The summed E-state index contributed by atoms with van der Waals surface area (Å²) < 4.78 is 73.6. The molecule has 8 nitrogen and oxygen atoms in total. The van der Waals surface area contributed by atoms with Crippen LogP contribution in [0.15, 0.2) is 0 Å². The Bertz CT molecular complexity index is 170. The van der Waals surface area contributed by atoms with Crippen molar-refractivity contribution in [3.8, 4) is 0 Å². The van der Waals surface area contributed by atoms with E-state index >= 15 is 0 Å². The molecule has 0 unspecified atom stereocenters. The zero-order valence-electron chi connectivity index (χ0n) is 7.28. The van der Waals surface area contributed by atoms with E-state index in [4.69, 9.17) is 37.0 Å². The van der Waals surface area contributed by atoms with Gasteiger partial charge in [-0.25, -0.2) is 0 Å². The molecule has 0 aliphatic rings. The Hall–Kier alpha value is -0.0904. The van der Waals surface area contributed by atoms with Crippen molar-refractivity contribution in [1.82, 2.24) is 0 Å². The molecule has 17 heavy (non-hydrogen) atoms. The Kier molecular flexibility index (Phi) is 44.3. The van der Waals surface area contributed by atoms with Gasteiger partial charge in [0.1, 0.15) is 0 Å². The molecule has 0 aliphatic carbocycles. The van der Waals surface area contributed by atoms with Gasteiger partial charge >= 0.3 is 37.0 Å². The van der Waals surface area contributed by atoms with E-state index in [-0.39, 0.29) is 27.3 Å². The minimum atomic E-state index is -3.88. The second kappa shape index (κ2) is 24.9. The first kappa shape index (κ1) is 30.2. The minimum absolute atomic E-state index is 0. The molecule has 0 N–H and O–H groups in total. The van der Waals surface area contributed by atoms with Gasteiger partial charge in [-0.05, 0) is 0 Å². The molecule has 100 valence electrons. The molecule has 0 aromatic heterocycles. The van der Waals surface area contributed by atoms with Crippen LogP contribution in [-0.2, 0) is 17.8 Å². The van der Waals surface area contributed by atoms with Crippen LogP contribution in [0, 0.1) is 0 Å². The predicted octanol–water partition coefficient (Wildman–Crippen LogP) is -5.45. The molecule has 0 saturated carbocycles. The molecule has 0 atom stereocenters. The second-order valence-corrected chi connectivity index (χ2v) is 2.85. The van der Waals surface area contributed by atoms with Crippen molar-refractivity contribution >= 4 is 64.3 Å². The molecular formula is F4O8PbSi4-4. The molecule has 0 heterocycles. The standard InChI is InChI=1S/4FO2Si.Pb/c4*1-4(2)3;/q4*-1;.